The normalized spacial score (nSPS) is 19.6. The summed E-state index contributed by atoms with van der Waals surface area (Å²) in [5.74, 6) is 1.57. The number of anilines is 2. The molecule has 3 aromatic heterocycles. The molecule has 2 atom stereocenters. The zero-order chi connectivity index (χ0) is 34.2. The molecule has 2 fully saturated rings. The minimum atomic E-state index is -4.66. The van der Waals surface area contributed by atoms with Gasteiger partial charge in [0.15, 0.2) is 5.69 Å². The van der Waals surface area contributed by atoms with E-state index < -0.39 is 11.9 Å². The third-order valence-corrected chi connectivity index (χ3v) is 10.2. The number of aryl methyl sites for hydroxylation is 2. The Morgan fingerprint density at radius 3 is 2.41 bits per heavy atom. The van der Waals surface area contributed by atoms with Crippen molar-refractivity contribution in [2.45, 2.75) is 26.1 Å². The number of ether oxygens (including phenoxy) is 1. The molecule has 49 heavy (non-hydrogen) atoms. The molecule has 3 aliphatic heterocycles. The molecule has 6 heterocycles. The number of hydrogen-bond acceptors (Lipinski definition) is 7. The summed E-state index contributed by atoms with van der Waals surface area (Å²) in [6.07, 6.45) is 2.14. The molecule has 0 radical (unpaired) electrons. The van der Waals surface area contributed by atoms with Crippen molar-refractivity contribution in [1.29, 1.82) is 0 Å². The van der Waals surface area contributed by atoms with Gasteiger partial charge in [0, 0.05) is 93.2 Å². The van der Waals surface area contributed by atoms with E-state index in [0.29, 0.717) is 58.5 Å². The van der Waals surface area contributed by atoms with Crippen molar-refractivity contribution in [3.8, 4) is 16.9 Å². The van der Waals surface area contributed by atoms with Crippen molar-refractivity contribution in [2.75, 3.05) is 56.7 Å². The Morgan fingerprint density at radius 1 is 0.959 bits per heavy atom. The van der Waals surface area contributed by atoms with Gasteiger partial charge in [-0.1, -0.05) is 0 Å². The van der Waals surface area contributed by atoms with Gasteiger partial charge in [0.25, 0.3) is 5.91 Å². The van der Waals surface area contributed by atoms with Gasteiger partial charge >= 0.3 is 6.18 Å². The summed E-state index contributed by atoms with van der Waals surface area (Å²) in [4.78, 5) is 30.3. The number of likely N-dealkylation sites (tertiary alicyclic amines) is 1. The van der Waals surface area contributed by atoms with Gasteiger partial charge in [-0.15, -0.1) is 0 Å². The van der Waals surface area contributed by atoms with E-state index in [1.54, 1.807) is 42.9 Å². The fourth-order valence-corrected chi connectivity index (χ4v) is 8.11. The van der Waals surface area contributed by atoms with Gasteiger partial charge < -0.3 is 24.0 Å². The number of fused-ring (bicyclic) bond motifs is 3. The Bertz CT molecular complexity index is 2080. The average molecular weight is 671 g/mol. The lowest BCUT2D eigenvalue weighted by Gasteiger charge is -2.32. The molecular weight excluding hydrogens is 633 g/mol. The standard InChI is InChI=1S/C36H37F3N8O2/c1-21-9-31(29-12-25(49-4)13-32(33(29)41-21)46-17-23-15-43(2)16-24(23)18-46)47-7-5-26-27(30-19-44(3)42-34(30)36(37,38)39)10-22(11-28(26)35(47)48)14-45-8-6-40-20-45/h6,8-13,19-20,23-24H,5,7,14-18H2,1-4H3/t23-,24+. The van der Waals surface area contributed by atoms with Gasteiger partial charge in [0.1, 0.15) is 5.75 Å². The maximum Gasteiger partial charge on any atom is 0.435 e. The number of nitrogens with zero attached hydrogens (tertiary/aromatic N) is 8. The average Bonchev–Trinajstić information content (AvgIpc) is 3.85. The Labute approximate surface area is 281 Å². The maximum absolute atomic E-state index is 14.7. The number of hydrogen-bond donors (Lipinski definition) is 0. The minimum Gasteiger partial charge on any atom is -0.497 e. The van der Waals surface area contributed by atoms with E-state index in [9.17, 15) is 18.0 Å². The number of benzene rings is 2. The molecule has 3 aliphatic rings. The Morgan fingerprint density at radius 2 is 1.71 bits per heavy atom. The van der Waals surface area contributed by atoms with Crippen LogP contribution in [0.3, 0.4) is 0 Å². The minimum absolute atomic E-state index is 0.0406. The lowest BCUT2D eigenvalue weighted by atomic mass is 9.87. The molecular formula is C36H37F3N8O2. The first-order valence-corrected chi connectivity index (χ1v) is 16.4. The highest BCUT2D eigenvalue weighted by Crippen LogP contribution is 2.44. The van der Waals surface area contributed by atoms with Gasteiger partial charge in [0.2, 0.25) is 0 Å². The van der Waals surface area contributed by atoms with Crippen LogP contribution in [0.2, 0.25) is 0 Å². The molecule has 0 aliphatic carbocycles. The lowest BCUT2D eigenvalue weighted by Crippen LogP contribution is -2.38. The van der Waals surface area contributed by atoms with Crippen LogP contribution in [0, 0.1) is 18.8 Å². The number of rotatable bonds is 6. The maximum atomic E-state index is 14.7. The first-order valence-electron chi connectivity index (χ1n) is 16.4. The fraction of sp³-hybridized carbons (Fsp3) is 0.389. The van der Waals surface area contributed by atoms with Gasteiger partial charge in [-0.25, -0.2) is 4.98 Å². The van der Waals surface area contributed by atoms with E-state index >= 15 is 0 Å². The van der Waals surface area contributed by atoms with Gasteiger partial charge in [-0.3, -0.25) is 14.5 Å². The zero-order valence-electron chi connectivity index (χ0n) is 27.8. The van der Waals surface area contributed by atoms with E-state index in [1.807, 2.05) is 29.7 Å². The highest BCUT2D eigenvalue weighted by molar-refractivity contribution is 6.14. The summed E-state index contributed by atoms with van der Waals surface area (Å²) in [6, 6.07) is 9.44. The zero-order valence-corrected chi connectivity index (χ0v) is 27.8. The van der Waals surface area contributed by atoms with Crippen LogP contribution in [0.1, 0.15) is 32.9 Å². The van der Waals surface area contributed by atoms with Crippen LogP contribution in [0.25, 0.3) is 22.0 Å². The number of methoxy groups -OCH3 is 1. The molecule has 5 aromatic rings. The molecule has 0 bridgehead atoms. The van der Waals surface area contributed by atoms with E-state index in [4.69, 9.17) is 9.72 Å². The summed E-state index contributed by atoms with van der Waals surface area (Å²) < 4.78 is 51.5. The van der Waals surface area contributed by atoms with Crippen molar-refractivity contribution >= 4 is 28.2 Å². The van der Waals surface area contributed by atoms with E-state index in [1.165, 1.54) is 17.9 Å². The van der Waals surface area contributed by atoms with E-state index in [0.717, 1.165) is 48.5 Å². The molecule has 0 spiro atoms. The Hall–Kier alpha value is -4.91. The van der Waals surface area contributed by atoms with Gasteiger partial charge in [-0.2, -0.15) is 18.3 Å². The summed E-state index contributed by atoms with van der Waals surface area (Å²) in [6.45, 7) is 6.53. The number of amides is 1. The number of pyridine rings is 1. The van der Waals surface area contributed by atoms with Crippen LogP contribution in [0.4, 0.5) is 24.5 Å². The largest absolute Gasteiger partial charge is 0.497 e. The van der Waals surface area contributed by atoms with Crippen LogP contribution in [-0.2, 0) is 26.2 Å². The number of alkyl halides is 3. The quantitative estimate of drug-likeness (QED) is 0.239. The van der Waals surface area contributed by atoms with Crippen molar-refractivity contribution in [3.05, 3.63) is 83.3 Å². The highest BCUT2D eigenvalue weighted by atomic mass is 19.4. The molecule has 13 heteroatoms. The molecule has 0 N–H and O–H groups in total. The third-order valence-electron chi connectivity index (χ3n) is 10.2. The molecule has 10 nitrogen and oxygen atoms in total. The second-order valence-corrected chi connectivity index (χ2v) is 13.6. The first kappa shape index (κ1) is 31.4. The van der Waals surface area contributed by atoms with Gasteiger partial charge in [0.05, 0.1) is 30.3 Å². The van der Waals surface area contributed by atoms with Crippen LogP contribution in [-0.4, -0.2) is 82.0 Å². The predicted octanol–water partition coefficient (Wildman–Crippen LogP) is 5.42. The van der Waals surface area contributed by atoms with Crippen molar-refractivity contribution < 1.29 is 22.7 Å². The van der Waals surface area contributed by atoms with Crippen molar-refractivity contribution in [3.63, 3.8) is 0 Å². The SMILES string of the molecule is COc1cc(N2C[C@H]3CN(C)C[C@H]3C2)c2nc(C)cc(N3CCc4c(cc(Cn5ccnc5)cc4-c4cn(C)nc4C(F)(F)F)C3=O)c2c1. The van der Waals surface area contributed by atoms with Crippen LogP contribution in [0.15, 0.2) is 55.2 Å². The van der Waals surface area contributed by atoms with Gasteiger partial charge in [-0.05, 0) is 73.2 Å². The van der Waals surface area contributed by atoms with Crippen LogP contribution in [0.5, 0.6) is 5.75 Å². The van der Waals surface area contributed by atoms with E-state index in [-0.39, 0.29) is 18.0 Å². The molecule has 254 valence electrons. The molecule has 8 rings (SSSR count). The summed E-state index contributed by atoms with van der Waals surface area (Å²) in [7, 11) is 5.28. The van der Waals surface area contributed by atoms with Crippen LogP contribution < -0.4 is 14.5 Å². The summed E-state index contributed by atoms with van der Waals surface area (Å²) >= 11 is 0. The monoisotopic (exact) mass is 670 g/mol. The second-order valence-electron chi connectivity index (χ2n) is 13.6. The molecule has 0 unspecified atom stereocenters. The molecule has 2 aromatic carbocycles. The molecule has 0 saturated carbocycles. The van der Waals surface area contributed by atoms with Crippen molar-refractivity contribution in [1.82, 2.24) is 29.2 Å². The predicted molar refractivity (Wildman–Crippen MR) is 180 cm³/mol. The number of carbonyl (C=O) groups excluding carboxylic acids is 1. The van der Waals surface area contributed by atoms with Crippen LogP contribution >= 0.6 is 0 Å². The summed E-state index contributed by atoms with van der Waals surface area (Å²) in [5.41, 5.74) is 4.26. The lowest BCUT2D eigenvalue weighted by molar-refractivity contribution is -0.140. The third kappa shape index (κ3) is 5.49. The van der Waals surface area contributed by atoms with E-state index in [2.05, 4.69) is 26.9 Å². The topological polar surface area (TPSA) is 84.6 Å². The number of carbonyl (C=O) groups is 1. The Kier molecular flexibility index (Phi) is 7.43. The fourth-order valence-electron chi connectivity index (χ4n) is 8.11. The second kappa shape index (κ2) is 11.6. The van der Waals surface area contributed by atoms with Crippen molar-refractivity contribution in [2.24, 2.45) is 18.9 Å². The highest BCUT2D eigenvalue weighted by Gasteiger charge is 2.41. The molecule has 2 saturated heterocycles. The number of aromatic nitrogens is 5. The molecule has 1 amide bonds. The summed E-state index contributed by atoms with van der Waals surface area (Å²) in [5, 5.41) is 4.57. The smallest absolute Gasteiger partial charge is 0.435 e. The number of imidazole rings is 1. The number of halogens is 3. The first-order chi connectivity index (χ1) is 23.5. The Balaban J connectivity index is 1.25.